The topological polar surface area (TPSA) is 110 Å². The van der Waals surface area contributed by atoms with Crippen molar-refractivity contribution in [2.75, 3.05) is 39.2 Å². The van der Waals surface area contributed by atoms with Crippen LogP contribution >= 0.6 is 0 Å². The summed E-state index contributed by atoms with van der Waals surface area (Å²) in [6, 6.07) is 6.06. The lowest BCUT2D eigenvalue weighted by Crippen LogP contribution is -2.60. The van der Waals surface area contributed by atoms with Crippen molar-refractivity contribution in [1.29, 1.82) is 5.26 Å². The third-order valence-corrected chi connectivity index (χ3v) is 4.91. The molecule has 2 aliphatic rings. The Bertz CT molecular complexity index is 754. The Morgan fingerprint density at radius 2 is 2.11 bits per heavy atom. The first-order valence-corrected chi connectivity index (χ1v) is 8.89. The monoisotopic (exact) mass is 372 g/mol. The number of methoxy groups -OCH3 is 1. The number of carbonyl (C=O) groups excluding carboxylic acids is 2. The number of ether oxygens (including phenoxy) is 1. The van der Waals surface area contributed by atoms with Gasteiger partial charge in [-0.15, -0.1) is 0 Å². The molecule has 1 amide bonds. The first-order valence-electron chi connectivity index (χ1n) is 8.89. The van der Waals surface area contributed by atoms with Gasteiger partial charge in [0.05, 0.1) is 42.8 Å². The lowest BCUT2D eigenvalue weighted by molar-refractivity contribution is -0.119. The molecule has 144 valence electrons. The molecule has 2 unspecified atom stereocenters. The van der Waals surface area contributed by atoms with E-state index in [9.17, 15) is 9.59 Å². The Balaban J connectivity index is 1.61. The van der Waals surface area contributed by atoms with Gasteiger partial charge in [0.1, 0.15) is 6.04 Å². The number of hydrogen-bond donors (Lipinski definition) is 3. The molecule has 0 saturated carbocycles. The molecule has 27 heavy (non-hydrogen) atoms. The number of nitrogens with one attached hydrogen (secondary N) is 3. The average molecular weight is 372 g/mol. The van der Waals surface area contributed by atoms with Gasteiger partial charge in [0.2, 0.25) is 5.91 Å². The summed E-state index contributed by atoms with van der Waals surface area (Å²) in [7, 11) is 3.35. The summed E-state index contributed by atoms with van der Waals surface area (Å²) < 4.78 is 4.75. The van der Waals surface area contributed by atoms with Crippen LogP contribution in [-0.2, 0) is 9.53 Å². The second-order valence-corrected chi connectivity index (χ2v) is 6.82. The van der Waals surface area contributed by atoms with Crippen molar-refractivity contribution in [2.24, 2.45) is 0 Å². The third kappa shape index (κ3) is 4.43. The number of hydrogen-bond acceptors (Lipinski definition) is 8. The number of rotatable bonds is 4. The summed E-state index contributed by atoms with van der Waals surface area (Å²) in [6.45, 7) is 2.95. The molecule has 0 aromatic heterocycles. The van der Waals surface area contributed by atoms with Crippen LogP contribution in [0.1, 0.15) is 28.8 Å². The van der Waals surface area contributed by atoms with Gasteiger partial charge in [-0.3, -0.25) is 14.6 Å². The highest BCUT2D eigenvalue weighted by atomic mass is 16.5. The van der Waals surface area contributed by atoms with Gasteiger partial charge in [0, 0.05) is 13.1 Å². The van der Waals surface area contributed by atoms with Crippen molar-refractivity contribution in [3.05, 3.63) is 29.3 Å². The number of amides is 1. The molecule has 0 radical (unpaired) electrons. The Labute approximate surface area is 158 Å². The van der Waals surface area contributed by atoms with Crippen molar-refractivity contribution in [2.45, 2.75) is 25.0 Å². The van der Waals surface area contributed by atoms with Gasteiger partial charge >= 0.3 is 5.97 Å². The number of benzene rings is 1. The molecule has 9 heteroatoms. The minimum atomic E-state index is -0.602. The quantitative estimate of drug-likeness (QED) is 0.637. The molecule has 0 aliphatic carbocycles. The van der Waals surface area contributed by atoms with Crippen LogP contribution in [-0.4, -0.2) is 67.8 Å². The molecule has 2 saturated heterocycles. The van der Waals surface area contributed by atoms with Crippen LogP contribution in [0.4, 0.5) is 5.69 Å². The first-order chi connectivity index (χ1) is 13.0. The van der Waals surface area contributed by atoms with Crippen LogP contribution in [0.3, 0.4) is 0 Å². The normalized spacial score (nSPS) is 23.6. The van der Waals surface area contributed by atoms with Gasteiger partial charge in [-0.1, -0.05) is 0 Å². The van der Waals surface area contributed by atoms with Gasteiger partial charge in [0.15, 0.2) is 0 Å². The molecular formula is C18H24N6O3. The highest BCUT2D eigenvalue weighted by molar-refractivity contribution is 6.03. The molecule has 1 aromatic carbocycles. The molecule has 2 fully saturated rings. The Kier molecular flexibility index (Phi) is 6.03. The molecule has 2 heterocycles. The summed E-state index contributed by atoms with van der Waals surface area (Å²) in [5.41, 5.74) is 7.11. The van der Waals surface area contributed by atoms with Crippen LogP contribution in [0, 0.1) is 11.3 Å². The molecule has 0 bridgehead atoms. The standard InChI is InChI=1S/C18H24N6O3/c1-23-7-8-24(11-23)16-6-5-15(21-22-16)17(25)20-14-4-3-12(10-19)9-13(14)18(26)27-2/h3-4,9,15-16,21-22H,5-8,11H2,1-2H3,(H,20,25). The van der Waals surface area contributed by atoms with Gasteiger partial charge < -0.3 is 10.1 Å². The number of likely N-dealkylation sites (N-methyl/N-ethyl adjacent to an activating group) is 1. The molecule has 2 aliphatic heterocycles. The number of nitrogens with zero attached hydrogens (tertiary/aromatic N) is 3. The van der Waals surface area contributed by atoms with Crippen LogP contribution in [0.15, 0.2) is 18.2 Å². The summed E-state index contributed by atoms with van der Waals surface area (Å²) in [5.74, 6) is -0.843. The maximum atomic E-state index is 12.6. The first kappa shape index (κ1) is 19.3. The molecule has 9 nitrogen and oxygen atoms in total. The van der Waals surface area contributed by atoms with E-state index < -0.39 is 12.0 Å². The van der Waals surface area contributed by atoms with Crippen molar-refractivity contribution >= 4 is 17.6 Å². The SMILES string of the molecule is COC(=O)c1cc(C#N)ccc1NC(=O)C1CCC(N2CCN(C)C2)NN1. The lowest BCUT2D eigenvalue weighted by Gasteiger charge is -2.35. The van der Waals surface area contributed by atoms with Crippen molar-refractivity contribution in [1.82, 2.24) is 20.7 Å². The number of anilines is 1. The molecule has 3 rings (SSSR count). The minimum absolute atomic E-state index is 0.159. The Hall–Kier alpha value is -2.51. The van der Waals surface area contributed by atoms with E-state index in [2.05, 4.69) is 33.0 Å². The van der Waals surface area contributed by atoms with E-state index in [-0.39, 0.29) is 17.6 Å². The van der Waals surface area contributed by atoms with E-state index in [4.69, 9.17) is 10.00 Å². The summed E-state index contributed by atoms with van der Waals surface area (Å²) in [4.78, 5) is 29.1. The maximum Gasteiger partial charge on any atom is 0.340 e. The molecule has 0 spiro atoms. The highest BCUT2D eigenvalue weighted by Gasteiger charge is 2.31. The van der Waals surface area contributed by atoms with E-state index in [1.54, 1.807) is 12.1 Å². The van der Waals surface area contributed by atoms with E-state index in [1.807, 2.05) is 6.07 Å². The van der Waals surface area contributed by atoms with Gasteiger partial charge in [-0.25, -0.2) is 15.6 Å². The van der Waals surface area contributed by atoms with Gasteiger partial charge in [-0.2, -0.15) is 5.26 Å². The minimum Gasteiger partial charge on any atom is -0.465 e. The summed E-state index contributed by atoms with van der Waals surface area (Å²) in [5, 5.41) is 11.8. The smallest absolute Gasteiger partial charge is 0.340 e. The van der Waals surface area contributed by atoms with Crippen molar-refractivity contribution in [3.8, 4) is 6.07 Å². The van der Waals surface area contributed by atoms with Gasteiger partial charge in [0.25, 0.3) is 0 Å². The van der Waals surface area contributed by atoms with E-state index in [0.717, 1.165) is 26.2 Å². The lowest BCUT2D eigenvalue weighted by atomic mass is 10.1. The van der Waals surface area contributed by atoms with Crippen LogP contribution in [0.25, 0.3) is 0 Å². The molecule has 2 atom stereocenters. The average Bonchev–Trinajstić information content (AvgIpc) is 3.14. The zero-order chi connectivity index (χ0) is 19.4. The van der Waals surface area contributed by atoms with Crippen LogP contribution < -0.4 is 16.2 Å². The second-order valence-electron chi connectivity index (χ2n) is 6.82. The van der Waals surface area contributed by atoms with Crippen LogP contribution in [0.5, 0.6) is 0 Å². The fourth-order valence-electron chi connectivity index (χ4n) is 3.36. The maximum absolute atomic E-state index is 12.6. The van der Waals surface area contributed by atoms with Gasteiger partial charge in [-0.05, 0) is 38.1 Å². The predicted octanol–water partition coefficient (Wildman–Crippen LogP) is 0.0710. The Morgan fingerprint density at radius 3 is 2.70 bits per heavy atom. The number of carbonyl (C=O) groups is 2. The summed E-state index contributed by atoms with van der Waals surface area (Å²) >= 11 is 0. The molecular weight excluding hydrogens is 348 g/mol. The fourth-order valence-corrected chi connectivity index (χ4v) is 3.36. The molecule has 1 aromatic rings. The summed E-state index contributed by atoms with van der Waals surface area (Å²) in [6.07, 6.45) is 1.71. The fraction of sp³-hybridized carbons (Fsp3) is 0.500. The van der Waals surface area contributed by atoms with Crippen molar-refractivity contribution < 1.29 is 14.3 Å². The number of nitriles is 1. The zero-order valence-electron chi connectivity index (χ0n) is 15.5. The number of esters is 1. The molecule has 3 N–H and O–H groups in total. The highest BCUT2D eigenvalue weighted by Crippen LogP contribution is 2.20. The zero-order valence-corrected chi connectivity index (χ0v) is 15.5. The number of hydrazine groups is 1. The van der Waals surface area contributed by atoms with Crippen molar-refractivity contribution in [3.63, 3.8) is 0 Å². The van der Waals surface area contributed by atoms with E-state index in [0.29, 0.717) is 17.7 Å². The predicted molar refractivity (Wildman–Crippen MR) is 98.4 cm³/mol. The second kappa shape index (κ2) is 8.45. The van der Waals surface area contributed by atoms with E-state index >= 15 is 0 Å². The largest absolute Gasteiger partial charge is 0.465 e. The third-order valence-electron chi connectivity index (χ3n) is 4.91. The Morgan fingerprint density at radius 1 is 1.30 bits per heavy atom. The van der Waals surface area contributed by atoms with E-state index in [1.165, 1.54) is 13.2 Å². The van der Waals surface area contributed by atoms with Crippen LogP contribution in [0.2, 0.25) is 0 Å².